The Hall–Kier alpha value is -2.67. The normalized spacial score (nSPS) is 15.6. The molecule has 3 heterocycles. The van der Waals surface area contributed by atoms with Crippen LogP contribution in [0.15, 0.2) is 47.1 Å². The van der Waals surface area contributed by atoms with Crippen LogP contribution in [0.5, 0.6) is 0 Å². The number of hydrogen-bond donors (Lipinski definition) is 0. The number of aryl methyl sites for hydroxylation is 1. The smallest absolute Gasteiger partial charge is 0.230 e. The lowest BCUT2D eigenvalue weighted by Crippen LogP contribution is -2.43. The van der Waals surface area contributed by atoms with Crippen LogP contribution in [0, 0.1) is 0 Å². The molecule has 142 valence electrons. The first-order valence-electron chi connectivity index (χ1n) is 9.59. The monoisotopic (exact) mass is 366 g/mol. The molecule has 0 bridgehead atoms. The van der Waals surface area contributed by atoms with Gasteiger partial charge in [0.05, 0.1) is 12.2 Å². The standard InChI is InChI=1S/C20H26N6O/c1-3-19-22-23-20(27-19)15-24(2)16-9-13-25(14-10-16)17-5-7-18(8-6-17)26-12-4-11-21-26/h4-8,11-12,16H,3,9-10,13-15H2,1-2H3. The third kappa shape index (κ3) is 4.03. The molecule has 3 aromatic rings. The fourth-order valence-corrected chi connectivity index (χ4v) is 3.64. The Bertz CT molecular complexity index is 834. The van der Waals surface area contributed by atoms with Crippen LogP contribution in [-0.2, 0) is 13.0 Å². The first-order chi connectivity index (χ1) is 13.2. The fraction of sp³-hybridized carbons (Fsp3) is 0.450. The summed E-state index contributed by atoms with van der Waals surface area (Å²) in [5, 5.41) is 12.5. The molecule has 0 radical (unpaired) electrons. The highest BCUT2D eigenvalue weighted by Gasteiger charge is 2.23. The first kappa shape index (κ1) is 17.7. The number of benzene rings is 1. The summed E-state index contributed by atoms with van der Waals surface area (Å²) in [4.78, 5) is 4.80. The summed E-state index contributed by atoms with van der Waals surface area (Å²) in [6.07, 6.45) is 6.81. The van der Waals surface area contributed by atoms with Gasteiger partial charge in [-0.2, -0.15) is 5.10 Å². The van der Waals surface area contributed by atoms with Crippen LogP contribution in [0.4, 0.5) is 5.69 Å². The molecule has 0 atom stereocenters. The molecular formula is C20H26N6O. The predicted molar refractivity (Wildman–Crippen MR) is 104 cm³/mol. The maximum Gasteiger partial charge on any atom is 0.230 e. The van der Waals surface area contributed by atoms with Crippen LogP contribution in [0.25, 0.3) is 5.69 Å². The summed E-state index contributed by atoms with van der Waals surface area (Å²) < 4.78 is 7.53. The summed E-state index contributed by atoms with van der Waals surface area (Å²) in [5.74, 6) is 1.43. The van der Waals surface area contributed by atoms with Crippen molar-refractivity contribution in [2.45, 2.75) is 38.8 Å². The number of piperidine rings is 1. The average Bonchev–Trinajstić information content (AvgIpc) is 3.40. The maximum atomic E-state index is 5.65. The van der Waals surface area contributed by atoms with E-state index in [1.54, 1.807) is 6.20 Å². The van der Waals surface area contributed by atoms with E-state index in [4.69, 9.17) is 4.42 Å². The minimum atomic E-state index is 0.543. The van der Waals surface area contributed by atoms with E-state index >= 15 is 0 Å². The Labute approximate surface area is 159 Å². The Kier molecular flexibility index (Phi) is 5.20. The highest BCUT2D eigenvalue weighted by molar-refractivity contribution is 5.51. The second kappa shape index (κ2) is 7.92. The maximum absolute atomic E-state index is 5.65. The molecule has 27 heavy (non-hydrogen) atoms. The minimum absolute atomic E-state index is 0.543. The van der Waals surface area contributed by atoms with E-state index in [-0.39, 0.29) is 0 Å². The van der Waals surface area contributed by atoms with Crippen molar-refractivity contribution in [2.24, 2.45) is 0 Å². The Morgan fingerprint density at radius 3 is 2.41 bits per heavy atom. The van der Waals surface area contributed by atoms with Gasteiger partial charge in [-0.1, -0.05) is 6.92 Å². The fourth-order valence-electron chi connectivity index (χ4n) is 3.64. The third-order valence-electron chi connectivity index (χ3n) is 5.27. The van der Waals surface area contributed by atoms with Gasteiger partial charge < -0.3 is 9.32 Å². The molecule has 0 aliphatic carbocycles. The first-order valence-corrected chi connectivity index (χ1v) is 9.59. The zero-order chi connectivity index (χ0) is 18.6. The highest BCUT2D eigenvalue weighted by atomic mass is 16.4. The van der Waals surface area contributed by atoms with Crippen LogP contribution < -0.4 is 4.90 Å². The molecule has 0 N–H and O–H groups in total. The summed E-state index contributed by atoms with van der Waals surface area (Å²) >= 11 is 0. The Morgan fingerprint density at radius 1 is 1.07 bits per heavy atom. The molecule has 0 amide bonds. The second-order valence-corrected chi connectivity index (χ2v) is 7.04. The van der Waals surface area contributed by atoms with Crippen LogP contribution in [-0.4, -0.2) is 51.1 Å². The van der Waals surface area contributed by atoms with Crippen molar-refractivity contribution in [1.82, 2.24) is 24.9 Å². The number of aromatic nitrogens is 4. The van der Waals surface area contributed by atoms with Gasteiger partial charge in [-0.15, -0.1) is 10.2 Å². The molecule has 1 saturated heterocycles. The van der Waals surface area contributed by atoms with Crippen molar-refractivity contribution >= 4 is 5.69 Å². The summed E-state index contributed by atoms with van der Waals surface area (Å²) in [6, 6.07) is 11.1. The number of anilines is 1. The van der Waals surface area contributed by atoms with Gasteiger partial charge in [0, 0.05) is 43.6 Å². The van der Waals surface area contributed by atoms with E-state index in [0.29, 0.717) is 17.8 Å². The van der Waals surface area contributed by atoms with E-state index in [1.807, 2.05) is 23.9 Å². The number of hydrogen-bond acceptors (Lipinski definition) is 6. The lowest BCUT2D eigenvalue weighted by Gasteiger charge is -2.37. The minimum Gasteiger partial charge on any atom is -0.424 e. The van der Waals surface area contributed by atoms with E-state index in [9.17, 15) is 0 Å². The molecule has 7 nitrogen and oxygen atoms in total. The Balaban J connectivity index is 1.31. The van der Waals surface area contributed by atoms with E-state index in [2.05, 4.69) is 56.4 Å². The van der Waals surface area contributed by atoms with E-state index in [1.165, 1.54) is 5.69 Å². The lowest BCUT2D eigenvalue weighted by molar-refractivity contribution is 0.183. The van der Waals surface area contributed by atoms with Crippen molar-refractivity contribution in [1.29, 1.82) is 0 Å². The lowest BCUT2D eigenvalue weighted by atomic mass is 10.0. The van der Waals surface area contributed by atoms with Crippen molar-refractivity contribution in [3.8, 4) is 5.69 Å². The Morgan fingerprint density at radius 2 is 1.78 bits per heavy atom. The predicted octanol–water partition coefficient (Wildman–Crippen LogP) is 2.92. The zero-order valence-corrected chi connectivity index (χ0v) is 16.0. The van der Waals surface area contributed by atoms with Gasteiger partial charge in [-0.05, 0) is 50.2 Å². The molecule has 1 aromatic carbocycles. The van der Waals surface area contributed by atoms with Gasteiger partial charge in [-0.25, -0.2) is 4.68 Å². The molecule has 1 fully saturated rings. The molecule has 1 aliphatic rings. The molecular weight excluding hydrogens is 340 g/mol. The highest BCUT2D eigenvalue weighted by Crippen LogP contribution is 2.24. The van der Waals surface area contributed by atoms with Crippen LogP contribution >= 0.6 is 0 Å². The van der Waals surface area contributed by atoms with Gasteiger partial charge in [0.1, 0.15) is 0 Å². The van der Waals surface area contributed by atoms with Gasteiger partial charge >= 0.3 is 0 Å². The average molecular weight is 366 g/mol. The van der Waals surface area contributed by atoms with Gasteiger partial charge in [0.25, 0.3) is 0 Å². The number of rotatable bonds is 6. The quantitative estimate of drug-likeness (QED) is 0.668. The van der Waals surface area contributed by atoms with Crippen LogP contribution in [0.1, 0.15) is 31.5 Å². The van der Waals surface area contributed by atoms with Gasteiger partial charge in [0.2, 0.25) is 11.8 Å². The third-order valence-corrected chi connectivity index (χ3v) is 5.27. The molecule has 0 unspecified atom stereocenters. The van der Waals surface area contributed by atoms with E-state index in [0.717, 1.165) is 44.6 Å². The molecule has 4 rings (SSSR count). The number of nitrogens with zero attached hydrogens (tertiary/aromatic N) is 6. The van der Waals surface area contributed by atoms with Crippen molar-refractivity contribution < 1.29 is 4.42 Å². The molecule has 0 spiro atoms. The van der Waals surface area contributed by atoms with Crippen molar-refractivity contribution in [3.63, 3.8) is 0 Å². The summed E-state index contributed by atoms with van der Waals surface area (Å²) in [5.41, 5.74) is 2.36. The molecule has 7 heteroatoms. The molecule has 0 saturated carbocycles. The summed E-state index contributed by atoms with van der Waals surface area (Å²) in [7, 11) is 2.15. The van der Waals surface area contributed by atoms with E-state index < -0.39 is 0 Å². The molecule has 1 aliphatic heterocycles. The van der Waals surface area contributed by atoms with Crippen LogP contribution in [0.3, 0.4) is 0 Å². The van der Waals surface area contributed by atoms with Crippen molar-refractivity contribution in [2.75, 3.05) is 25.0 Å². The second-order valence-electron chi connectivity index (χ2n) is 7.04. The van der Waals surface area contributed by atoms with Gasteiger partial charge in [-0.3, -0.25) is 4.90 Å². The zero-order valence-electron chi connectivity index (χ0n) is 16.0. The SMILES string of the molecule is CCc1nnc(CN(C)C2CCN(c3ccc(-n4cccn4)cc3)CC2)o1. The van der Waals surface area contributed by atoms with Crippen molar-refractivity contribution in [3.05, 3.63) is 54.5 Å². The van der Waals surface area contributed by atoms with Crippen LogP contribution in [0.2, 0.25) is 0 Å². The molecule has 2 aromatic heterocycles. The van der Waals surface area contributed by atoms with Gasteiger partial charge in [0.15, 0.2) is 0 Å². The largest absolute Gasteiger partial charge is 0.424 e. The topological polar surface area (TPSA) is 63.2 Å². The summed E-state index contributed by atoms with van der Waals surface area (Å²) in [6.45, 7) is 4.86.